The van der Waals surface area contributed by atoms with Crippen LogP contribution in [0.25, 0.3) is 0 Å². The number of amides is 2. The standard InChI is InChI=1S/C13H12ClFN2O2/c14-8-2-1-3-9(15)12(8)17-6-10(18)16-11(13(17)19)7-4-5-7/h1-3,7,11H,4-6H2,(H,16,18). The third-order valence-electron chi connectivity index (χ3n) is 3.45. The number of halogens is 2. The molecule has 1 aliphatic carbocycles. The Morgan fingerprint density at radius 3 is 2.68 bits per heavy atom. The Morgan fingerprint density at radius 1 is 1.32 bits per heavy atom. The van der Waals surface area contributed by atoms with E-state index in [9.17, 15) is 14.0 Å². The number of hydrogen-bond donors (Lipinski definition) is 1. The zero-order chi connectivity index (χ0) is 13.6. The zero-order valence-electron chi connectivity index (χ0n) is 10.0. The van der Waals surface area contributed by atoms with E-state index in [0.717, 1.165) is 17.7 Å². The van der Waals surface area contributed by atoms with Crippen molar-refractivity contribution in [2.24, 2.45) is 5.92 Å². The van der Waals surface area contributed by atoms with Gasteiger partial charge in [0, 0.05) is 0 Å². The van der Waals surface area contributed by atoms with Gasteiger partial charge in [0.2, 0.25) is 11.8 Å². The number of nitrogens with one attached hydrogen (secondary N) is 1. The van der Waals surface area contributed by atoms with Crippen LogP contribution in [0.4, 0.5) is 10.1 Å². The molecule has 1 saturated carbocycles. The van der Waals surface area contributed by atoms with Crippen LogP contribution in [0, 0.1) is 11.7 Å². The first-order valence-corrected chi connectivity index (χ1v) is 6.50. The molecule has 1 aromatic rings. The van der Waals surface area contributed by atoms with Gasteiger partial charge < -0.3 is 5.32 Å². The van der Waals surface area contributed by atoms with Gasteiger partial charge in [-0.05, 0) is 30.9 Å². The fourth-order valence-corrected chi connectivity index (χ4v) is 2.62. The van der Waals surface area contributed by atoms with Gasteiger partial charge in [-0.25, -0.2) is 4.39 Å². The smallest absolute Gasteiger partial charge is 0.250 e. The minimum Gasteiger partial charge on any atom is -0.342 e. The molecule has 1 aliphatic heterocycles. The van der Waals surface area contributed by atoms with E-state index in [2.05, 4.69) is 5.32 Å². The maximum atomic E-state index is 13.9. The zero-order valence-corrected chi connectivity index (χ0v) is 10.8. The first-order chi connectivity index (χ1) is 9.08. The summed E-state index contributed by atoms with van der Waals surface area (Å²) in [6.45, 7) is -0.192. The monoisotopic (exact) mass is 282 g/mol. The molecule has 1 unspecified atom stereocenters. The number of anilines is 1. The molecule has 1 aromatic carbocycles. The normalized spacial score (nSPS) is 23.5. The van der Waals surface area contributed by atoms with Gasteiger partial charge in [0.25, 0.3) is 0 Å². The Hall–Kier alpha value is -1.62. The molecule has 0 spiro atoms. The Bertz CT molecular complexity index is 539. The lowest BCUT2D eigenvalue weighted by Crippen LogP contribution is -2.59. The third-order valence-corrected chi connectivity index (χ3v) is 3.76. The lowest BCUT2D eigenvalue weighted by Gasteiger charge is -2.33. The Morgan fingerprint density at radius 2 is 2.05 bits per heavy atom. The maximum absolute atomic E-state index is 13.9. The molecular weight excluding hydrogens is 271 g/mol. The van der Waals surface area contributed by atoms with Gasteiger partial charge in [-0.3, -0.25) is 14.5 Å². The molecule has 1 saturated heterocycles. The second kappa shape index (κ2) is 4.49. The van der Waals surface area contributed by atoms with E-state index in [1.807, 2.05) is 0 Å². The van der Waals surface area contributed by atoms with Gasteiger partial charge in [-0.15, -0.1) is 0 Å². The van der Waals surface area contributed by atoms with Crippen molar-refractivity contribution in [3.63, 3.8) is 0 Å². The summed E-state index contributed by atoms with van der Waals surface area (Å²) in [4.78, 5) is 25.2. The molecule has 1 N–H and O–H groups in total. The summed E-state index contributed by atoms with van der Waals surface area (Å²) in [5.74, 6) is -0.986. The van der Waals surface area contributed by atoms with Crippen LogP contribution in [0.1, 0.15) is 12.8 Å². The van der Waals surface area contributed by atoms with E-state index >= 15 is 0 Å². The van der Waals surface area contributed by atoms with Crippen molar-refractivity contribution < 1.29 is 14.0 Å². The van der Waals surface area contributed by atoms with Gasteiger partial charge in [0.05, 0.1) is 10.7 Å². The Labute approximate surface area is 114 Å². The van der Waals surface area contributed by atoms with Crippen molar-refractivity contribution in [3.8, 4) is 0 Å². The number of benzene rings is 1. The van der Waals surface area contributed by atoms with Crippen LogP contribution < -0.4 is 10.2 Å². The minimum atomic E-state index is -0.593. The number of hydrogen-bond acceptors (Lipinski definition) is 2. The van der Waals surface area contributed by atoms with Crippen LogP contribution in [0.5, 0.6) is 0 Å². The minimum absolute atomic E-state index is 0.00494. The second-order valence-electron chi connectivity index (χ2n) is 4.88. The van der Waals surface area contributed by atoms with Gasteiger partial charge in [-0.2, -0.15) is 0 Å². The summed E-state index contributed by atoms with van der Waals surface area (Å²) in [7, 11) is 0. The lowest BCUT2D eigenvalue weighted by atomic mass is 10.1. The second-order valence-corrected chi connectivity index (χ2v) is 5.28. The predicted octanol–water partition coefficient (Wildman–Crippen LogP) is 1.72. The van der Waals surface area contributed by atoms with E-state index in [-0.39, 0.29) is 35.0 Å². The molecule has 3 rings (SSSR count). The van der Waals surface area contributed by atoms with Crippen LogP contribution in [0.2, 0.25) is 5.02 Å². The summed E-state index contributed by atoms with van der Waals surface area (Å²) in [5, 5.41) is 2.81. The molecular formula is C13H12ClFN2O2. The molecule has 2 amide bonds. The van der Waals surface area contributed by atoms with Gasteiger partial charge >= 0.3 is 0 Å². The molecule has 0 aromatic heterocycles. The summed E-state index contributed by atoms with van der Waals surface area (Å²) in [6, 6.07) is 3.66. The van der Waals surface area contributed by atoms with Crippen molar-refractivity contribution in [1.82, 2.24) is 5.32 Å². The molecule has 4 nitrogen and oxygen atoms in total. The van der Waals surface area contributed by atoms with E-state index in [1.54, 1.807) is 0 Å². The molecule has 2 aliphatic rings. The quantitative estimate of drug-likeness (QED) is 0.898. The van der Waals surface area contributed by atoms with E-state index in [1.165, 1.54) is 18.2 Å². The lowest BCUT2D eigenvalue weighted by molar-refractivity contribution is -0.131. The molecule has 6 heteroatoms. The Balaban J connectivity index is 1.98. The summed E-state index contributed by atoms with van der Waals surface area (Å²) < 4.78 is 13.9. The molecule has 100 valence electrons. The number of carbonyl (C=O) groups excluding carboxylic acids is 2. The molecule has 1 heterocycles. The van der Waals surface area contributed by atoms with E-state index < -0.39 is 11.9 Å². The molecule has 19 heavy (non-hydrogen) atoms. The summed E-state index contributed by atoms with van der Waals surface area (Å²) >= 11 is 5.95. The summed E-state index contributed by atoms with van der Waals surface area (Å²) in [6.07, 6.45) is 1.82. The topological polar surface area (TPSA) is 49.4 Å². The van der Waals surface area contributed by atoms with E-state index in [0.29, 0.717) is 0 Å². The predicted molar refractivity (Wildman–Crippen MR) is 68.4 cm³/mol. The van der Waals surface area contributed by atoms with Crippen LogP contribution in [-0.4, -0.2) is 24.4 Å². The molecule has 1 atom stereocenters. The highest BCUT2D eigenvalue weighted by Crippen LogP contribution is 2.37. The van der Waals surface area contributed by atoms with Crippen LogP contribution in [0.15, 0.2) is 18.2 Å². The third kappa shape index (κ3) is 2.18. The van der Waals surface area contributed by atoms with Gasteiger partial charge in [0.15, 0.2) is 0 Å². The SMILES string of the molecule is O=C1CN(c2c(F)cccc2Cl)C(=O)C(C2CC2)N1. The number of carbonyl (C=O) groups is 2. The van der Waals surface area contributed by atoms with Crippen LogP contribution >= 0.6 is 11.6 Å². The van der Waals surface area contributed by atoms with Crippen LogP contribution in [0.3, 0.4) is 0 Å². The van der Waals surface area contributed by atoms with Crippen LogP contribution in [-0.2, 0) is 9.59 Å². The first-order valence-electron chi connectivity index (χ1n) is 6.12. The van der Waals surface area contributed by atoms with Crippen molar-refractivity contribution in [2.75, 3.05) is 11.4 Å². The summed E-state index contributed by atoms with van der Waals surface area (Å²) in [5.41, 5.74) is -0.00494. The highest BCUT2D eigenvalue weighted by Gasteiger charge is 2.43. The number of piperazine rings is 1. The average molecular weight is 283 g/mol. The largest absolute Gasteiger partial charge is 0.342 e. The van der Waals surface area contributed by atoms with Gasteiger partial charge in [0.1, 0.15) is 18.4 Å². The fraction of sp³-hybridized carbons (Fsp3) is 0.385. The van der Waals surface area contributed by atoms with Crippen molar-refractivity contribution >= 4 is 29.1 Å². The molecule has 0 radical (unpaired) electrons. The van der Waals surface area contributed by atoms with Crippen molar-refractivity contribution in [1.29, 1.82) is 0 Å². The van der Waals surface area contributed by atoms with Gasteiger partial charge in [-0.1, -0.05) is 17.7 Å². The van der Waals surface area contributed by atoms with Crippen molar-refractivity contribution in [2.45, 2.75) is 18.9 Å². The fourth-order valence-electron chi connectivity index (χ4n) is 2.36. The number of nitrogens with zero attached hydrogens (tertiary/aromatic N) is 1. The highest BCUT2D eigenvalue weighted by molar-refractivity contribution is 6.34. The first kappa shape index (κ1) is 12.4. The molecule has 0 bridgehead atoms. The van der Waals surface area contributed by atoms with Crippen molar-refractivity contribution in [3.05, 3.63) is 29.0 Å². The molecule has 2 fully saturated rings. The number of para-hydroxylation sites is 1. The Kier molecular flexibility index (Phi) is 2.93. The number of rotatable bonds is 2. The highest BCUT2D eigenvalue weighted by atomic mass is 35.5. The van der Waals surface area contributed by atoms with E-state index in [4.69, 9.17) is 11.6 Å². The maximum Gasteiger partial charge on any atom is 0.250 e. The average Bonchev–Trinajstić information content (AvgIpc) is 3.17.